The van der Waals surface area contributed by atoms with E-state index in [-0.39, 0.29) is 17.1 Å². The van der Waals surface area contributed by atoms with Crippen LogP contribution < -0.4 is 0 Å². The molecule has 0 spiro atoms. The molecule has 1 aromatic rings. The molecule has 0 atom stereocenters. The third kappa shape index (κ3) is 7.15. The fourth-order valence-corrected chi connectivity index (χ4v) is 1.14. The van der Waals surface area contributed by atoms with Crippen molar-refractivity contribution in [2.24, 2.45) is 5.92 Å². The molecule has 0 fully saturated rings. The molecule has 1 aromatic carbocycles. The molecule has 1 rings (SSSR count). The molecule has 0 radical (unpaired) electrons. The van der Waals surface area contributed by atoms with E-state index >= 15 is 0 Å². The van der Waals surface area contributed by atoms with E-state index in [1.165, 1.54) is 31.2 Å². The smallest absolute Gasteiger partial charge is 0.336 e. The quantitative estimate of drug-likeness (QED) is 0.822. The van der Waals surface area contributed by atoms with Crippen LogP contribution in [0.4, 0.5) is 0 Å². The van der Waals surface area contributed by atoms with E-state index < -0.39 is 11.9 Å². The van der Waals surface area contributed by atoms with E-state index in [0.29, 0.717) is 12.5 Å². The van der Waals surface area contributed by atoms with Gasteiger partial charge in [0.25, 0.3) is 0 Å². The first-order valence-electron chi connectivity index (χ1n) is 5.94. The number of benzene rings is 1. The molecule has 0 aliphatic heterocycles. The molecule has 20 heavy (non-hydrogen) atoms. The Hall–Kier alpha value is -2.37. The van der Waals surface area contributed by atoms with Gasteiger partial charge in [0, 0.05) is 6.92 Å². The zero-order chi connectivity index (χ0) is 15.7. The fourth-order valence-electron chi connectivity index (χ4n) is 1.14. The lowest BCUT2D eigenvalue weighted by molar-refractivity contribution is -0.142. The predicted molar refractivity (Wildman–Crippen MR) is 71.8 cm³/mol. The molecule has 0 amide bonds. The number of hydrogen-bond donors (Lipinski definition) is 2. The molecule has 0 aromatic heterocycles. The van der Waals surface area contributed by atoms with Gasteiger partial charge in [0.05, 0.1) is 17.7 Å². The van der Waals surface area contributed by atoms with Gasteiger partial charge in [0.1, 0.15) is 0 Å². The largest absolute Gasteiger partial charge is 0.478 e. The minimum absolute atomic E-state index is 0.190. The Morgan fingerprint density at radius 1 is 1.05 bits per heavy atom. The Kier molecular flexibility index (Phi) is 7.65. The molecular weight excluding hydrogens is 264 g/mol. The van der Waals surface area contributed by atoms with Gasteiger partial charge in [0.15, 0.2) is 0 Å². The van der Waals surface area contributed by atoms with Crippen molar-refractivity contribution < 1.29 is 29.3 Å². The summed E-state index contributed by atoms with van der Waals surface area (Å²) >= 11 is 0. The molecular formula is C14H18O6. The van der Waals surface area contributed by atoms with Crippen LogP contribution >= 0.6 is 0 Å². The zero-order valence-corrected chi connectivity index (χ0v) is 11.6. The molecule has 110 valence electrons. The molecule has 0 bridgehead atoms. The van der Waals surface area contributed by atoms with Crippen LogP contribution in [-0.4, -0.2) is 34.7 Å². The van der Waals surface area contributed by atoms with Crippen LogP contribution in [0.25, 0.3) is 0 Å². The van der Waals surface area contributed by atoms with E-state index in [4.69, 9.17) is 10.2 Å². The lowest BCUT2D eigenvalue weighted by atomic mass is 10.1. The van der Waals surface area contributed by atoms with Crippen molar-refractivity contribution >= 4 is 17.9 Å². The Morgan fingerprint density at radius 3 is 1.65 bits per heavy atom. The monoisotopic (exact) mass is 282 g/mol. The summed E-state index contributed by atoms with van der Waals surface area (Å²) in [6.07, 6.45) is 0. The average molecular weight is 282 g/mol. The van der Waals surface area contributed by atoms with Crippen molar-refractivity contribution in [3.05, 3.63) is 35.4 Å². The highest BCUT2D eigenvalue weighted by molar-refractivity contribution is 6.01. The number of carbonyl (C=O) groups is 3. The molecule has 0 saturated carbocycles. The zero-order valence-electron chi connectivity index (χ0n) is 11.6. The minimum Gasteiger partial charge on any atom is -0.478 e. The summed E-state index contributed by atoms with van der Waals surface area (Å²) in [5, 5.41) is 17.1. The SMILES string of the molecule is CC(=O)OCC(C)C.O=C(O)c1ccccc1C(=O)O. The van der Waals surface area contributed by atoms with E-state index in [1.54, 1.807) is 0 Å². The van der Waals surface area contributed by atoms with Gasteiger partial charge in [0.2, 0.25) is 0 Å². The van der Waals surface area contributed by atoms with E-state index in [2.05, 4.69) is 4.74 Å². The Balaban J connectivity index is 0.000000396. The van der Waals surface area contributed by atoms with Gasteiger partial charge < -0.3 is 14.9 Å². The number of aromatic carboxylic acids is 2. The lowest BCUT2D eigenvalue weighted by Crippen LogP contribution is -2.06. The molecule has 0 aliphatic carbocycles. The second-order valence-electron chi connectivity index (χ2n) is 4.35. The highest BCUT2D eigenvalue weighted by Crippen LogP contribution is 2.07. The Labute approximate surface area is 117 Å². The molecule has 6 heteroatoms. The van der Waals surface area contributed by atoms with Gasteiger partial charge in [-0.2, -0.15) is 0 Å². The van der Waals surface area contributed by atoms with Crippen molar-refractivity contribution in [1.82, 2.24) is 0 Å². The van der Waals surface area contributed by atoms with Gasteiger partial charge in [-0.1, -0.05) is 26.0 Å². The first-order valence-corrected chi connectivity index (χ1v) is 5.94. The lowest BCUT2D eigenvalue weighted by Gasteiger charge is -2.02. The standard InChI is InChI=1S/C8H6O4.C6H12O2/c9-7(10)5-3-1-2-4-6(5)8(11)12;1-5(2)4-8-6(3)7/h1-4H,(H,9,10)(H,11,12);5H,4H2,1-3H3. The van der Waals surface area contributed by atoms with Crippen LogP contribution in [0.2, 0.25) is 0 Å². The first kappa shape index (κ1) is 17.6. The second-order valence-corrected chi connectivity index (χ2v) is 4.35. The minimum atomic E-state index is -1.23. The number of carbonyl (C=O) groups excluding carboxylic acids is 1. The van der Waals surface area contributed by atoms with E-state index in [9.17, 15) is 14.4 Å². The number of rotatable bonds is 4. The second kappa shape index (κ2) is 8.68. The first-order chi connectivity index (χ1) is 9.25. The number of esters is 1. The maximum atomic E-state index is 10.5. The van der Waals surface area contributed by atoms with Crippen molar-refractivity contribution in [2.75, 3.05) is 6.61 Å². The number of hydrogen-bond acceptors (Lipinski definition) is 4. The van der Waals surface area contributed by atoms with Crippen molar-refractivity contribution in [3.8, 4) is 0 Å². The maximum Gasteiger partial charge on any atom is 0.336 e. The van der Waals surface area contributed by atoms with Crippen LogP contribution in [0.5, 0.6) is 0 Å². The van der Waals surface area contributed by atoms with Crippen molar-refractivity contribution in [2.45, 2.75) is 20.8 Å². The summed E-state index contributed by atoms with van der Waals surface area (Å²) in [6.45, 7) is 5.96. The molecule has 6 nitrogen and oxygen atoms in total. The summed E-state index contributed by atoms with van der Waals surface area (Å²) in [5.74, 6) is -2.21. The normalized spacial score (nSPS) is 9.40. The van der Waals surface area contributed by atoms with Gasteiger partial charge in [-0.3, -0.25) is 4.79 Å². The van der Waals surface area contributed by atoms with Crippen LogP contribution in [0, 0.1) is 5.92 Å². The Morgan fingerprint density at radius 2 is 1.45 bits per heavy atom. The topological polar surface area (TPSA) is 101 Å². The fraction of sp³-hybridized carbons (Fsp3) is 0.357. The van der Waals surface area contributed by atoms with Crippen LogP contribution in [0.3, 0.4) is 0 Å². The molecule has 2 N–H and O–H groups in total. The highest BCUT2D eigenvalue weighted by atomic mass is 16.5. The predicted octanol–water partition coefficient (Wildman–Crippen LogP) is 2.29. The summed E-state index contributed by atoms with van der Waals surface area (Å²) in [6, 6.07) is 5.48. The van der Waals surface area contributed by atoms with Gasteiger partial charge >= 0.3 is 17.9 Å². The van der Waals surface area contributed by atoms with Crippen molar-refractivity contribution in [3.63, 3.8) is 0 Å². The number of carboxylic acid groups (broad SMARTS) is 2. The molecule has 0 saturated heterocycles. The van der Waals surface area contributed by atoms with Gasteiger partial charge in [-0.05, 0) is 18.1 Å². The van der Waals surface area contributed by atoms with Gasteiger partial charge in [-0.25, -0.2) is 9.59 Å². The van der Waals surface area contributed by atoms with E-state index in [0.717, 1.165) is 0 Å². The number of ether oxygens (including phenoxy) is 1. The highest BCUT2D eigenvalue weighted by Gasteiger charge is 2.13. The Bertz CT molecular complexity index is 445. The van der Waals surface area contributed by atoms with E-state index in [1.807, 2.05) is 13.8 Å². The van der Waals surface area contributed by atoms with Crippen LogP contribution in [-0.2, 0) is 9.53 Å². The van der Waals surface area contributed by atoms with Crippen molar-refractivity contribution in [1.29, 1.82) is 0 Å². The number of carboxylic acids is 2. The third-order valence-corrected chi connectivity index (χ3v) is 2.01. The molecule has 0 heterocycles. The maximum absolute atomic E-state index is 10.5. The van der Waals surface area contributed by atoms with Crippen LogP contribution in [0.15, 0.2) is 24.3 Å². The summed E-state index contributed by atoms with van der Waals surface area (Å²) in [4.78, 5) is 31.1. The summed E-state index contributed by atoms with van der Waals surface area (Å²) in [7, 11) is 0. The van der Waals surface area contributed by atoms with Crippen LogP contribution in [0.1, 0.15) is 41.5 Å². The third-order valence-electron chi connectivity index (χ3n) is 2.01. The van der Waals surface area contributed by atoms with Gasteiger partial charge in [-0.15, -0.1) is 0 Å². The average Bonchev–Trinajstić information content (AvgIpc) is 2.37. The molecule has 0 unspecified atom stereocenters. The molecule has 0 aliphatic rings. The summed E-state index contributed by atoms with van der Waals surface area (Å²) < 4.78 is 4.66. The summed E-state index contributed by atoms with van der Waals surface area (Å²) in [5.41, 5.74) is -0.380.